The standard InChI is InChI=1S/C16H30O4Si/c1-15(2,3)21(4,5)18-12-14-13(11-17)19-16(20-14)9-7-6-8-10-16/h11,13-14H,6-10,12H2,1-5H3/t13-,14-/m0/s1. The fourth-order valence-corrected chi connectivity index (χ4v) is 3.79. The molecule has 4 nitrogen and oxygen atoms in total. The van der Waals surface area contributed by atoms with Crippen molar-refractivity contribution in [3.05, 3.63) is 0 Å². The first kappa shape index (κ1) is 17.1. The molecule has 0 N–H and O–H groups in total. The molecule has 1 aliphatic heterocycles. The van der Waals surface area contributed by atoms with Crippen LogP contribution in [0, 0.1) is 0 Å². The van der Waals surface area contributed by atoms with Crippen LogP contribution < -0.4 is 0 Å². The lowest BCUT2D eigenvalue weighted by Crippen LogP contribution is -2.44. The Kier molecular flexibility index (Phi) is 4.98. The fraction of sp³-hybridized carbons (Fsp3) is 0.938. The summed E-state index contributed by atoms with van der Waals surface area (Å²) in [6.45, 7) is 11.5. The molecule has 1 aliphatic carbocycles. The van der Waals surface area contributed by atoms with Crippen LogP contribution in [0.5, 0.6) is 0 Å². The van der Waals surface area contributed by atoms with Crippen LogP contribution in [-0.2, 0) is 18.7 Å². The summed E-state index contributed by atoms with van der Waals surface area (Å²) in [6.07, 6.45) is 5.39. The van der Waals surface area contributed by atoms with Crippen LogP contribution in [0.4, 0.5) is 0 Å². The van der Waals surface area contributed by atoms with Crippen molar-refractivity contribution in [3.8, 4) is 0 Å². The summed E-state index contributed by atoms with van der Waals surface area (Å²) < 4.78 is 18.3. The molecule has 0 aromatic carbocycles. The van der Waals surface area contributed by atoms with E-state index in [0.29, 0.717) is 6.61 Å². The quantitative estimate of drug-likeness (QED) is 0.587. The zero-order valence-corrected chi connectivity index (χ0v) is 15.1. The first-order valence-corrected chi connectivity index (χ1v) is 11.0. The lowest BCUT2D eigenvalue weighted by molar-refractivity contribution is -0.195. The van der Waals surface area contributed by atoms with E-state index >= 15 is 0 Å². The Balaban J connectivity index is 1.98. The predicted molar refractivity (Wildman–Crippen MR) is 84.8 cm³/mol. The van der Waals surface area contributed by atoms with Crippen LogP contribution in [0.3, 0.4) is 0 Å². The third-order valence-electron chi connectivity index (χ3n) is 5.25. The molecule has 0 aromatic rings. The lowest BCUT2D eigenvalue weighted by atomic mass is 9.94. The maximum Gasteiger partial charge on any atom is 0.192 e. The molecule has 0 unspecified atom stereocenters. The molecule has 2 rings (SSSR count). The van der Waals surface area contributed by atoms with Crippen molar-refractivity contribution in [2.45, 2.75) is 89.0 Å². The van der Waals surface area contributed by atoms with Crippen LogP contribution in [-0.4, -0.2) is 39.2 Å². The monoisotopic (exact) mass is 314 g/mol. The second-order valence-electron chi connectivity index (χ2n) is 7.92. The molecule has 2 aliphatic rings. The first-order chi connectivity index (χ1) is 9.69. The average Bonchev–Trinajstić information content (AvgIpc) is 2.74. The van der Waals surface area contributed by atoms with Crippen molar-refractivity contribution in [3.63, 3.8) is 0 Å². The largest absolute Gasteiger partial charge is 0.414 e. The Hall–Kier alpha value is -0.233. The normalized spacial score (nSPS) is 29.8. The summed E-state index contributed by atoms with van der Waals surface area (Å²) in [7, 11) is -1.83. The smallest absolute Gasteiger partial charge is 0.192 e. The van der Waals surface area contributed by atoms with E-state index < -0.39 is 20.2 Å². The van der Waals surface area contributed by atoms with E-state index in [2.05, 4.69) is 33.9 Å². The predicted octanol–water partition coefficient (Wildman–Crippen LogP) is 3.65. The third kappa shape index (κ3) is 3.75. The highest BCUT2D eigenvalue weighted by molar-refractivity contribution is 6.74. The highest BCUT2D eigenvalue weighted by Gasteiger charge is 2.49. The molecule has 2 atom stereocenters. The number of hydrogen-bond donors (Lipinski definition) is 0. The van der Waals surface area contributed by atoms with E-state index in [1.165, 1.54) is 6.42 Å². The molecule has 1 saturated heterocycles. The van der Waals surface area contributed by atoms with Gasteiger partial charge in [0.25, 0.3) is 0 Å². The minimum absolute atomic E-state index is 0.158. The molecule has 0 bridgehead atoms. The topological polar surface area (TPSA) is 44.8 Å². The molecular formula is C16H30O4Si. The zero-order valence-electron chi connectivity index (χ0n) is 14.1. The number of ether oxygens (including phenoxy) is 2. The molecule has 2 fully saturated rings. The van der Waals surface area contributed by atoms with Gasteiger partial charge in [0.1, 0.15) is 12.2 Å². The minimum Gasteiger partial charge on any atom is -0.414 e. The van der Waals surface area contributed by atoms with Gasteiger partial charge in [-0.1, -0.05) is 27.2 Å². The van der Waals surface area contributed by atoms with E-state index in [1.54, 1.807) is 0 Å². The summed E-state index contributed by atoms with van der Waals surface area (Å²) in [5.74, 6) is -0.523. The average molecular weight is 314 g/mol. The van der Waals surface area contributed by atoms with Gasteiger partial charge in [-0.05, 0) is 31.0 Å². The third-order valence-corrected chi connectivity index (χ3v) is 9.75. The second-order valence-corrected chi connectivity index (χ2v) is 12.7. The molecule has 5 heteroatoms. The summed E-state index contributed by atoms with van der Waals surface area (Å²) in [5, 5.41) is 0.158. The minimum atomic E-state index is -1.83. The summed E-state index contributed by atoms with van der Waals surface area (Å²) >= 11 is 0. The maximum atomic E-state index is 11.3. The van der Waals surface area contributed by atoms with Gasteiger partial charge in [-0.2, -0.15) is 0 Å². The number of carbonyl (C=O) groups excluding carboxylic acids is 1. The van der Waals surface area contributed by atoms with Crippen LogP contribution in [0.25, 0.3) is 0 Å². The van der Waals surface area contributed by atoms with Gasteiger partial charge in [-0.25, -0.2) is 0 Å². The van der Waals surface area contributed by atoms with Gasteiger partial charge in [0.15, 0.2) is 20.4 Å². The molecule has 21 heavy (non-hydrogen) atoms. The maximum absolute atomic E-state index is 11.3. The Bertz CT molecular complexity index is 369. The summed E-state index contributed by atoms with van der Waals surface area (Å²) in [6, 6.07) is 0. The van der Waals surface area contributed by atoms with E-state index in [4.69, 9.17) is 13.9 Å². The van der Waals surface area contributed by atoms with Crippen molar-refractivity contribution in [2.24, 2.45) is 0 Å². The van der Waals surface area contributed by atoms with E-state index in [0.717, 1.165) is 32.0 Å². The van der Waals surface area contributed by atoms with E-state index in [9.17, 15) is 4.79 Å². The highest BCUT2D eigenvalue weighted by atomic mass is 28.4. The van der Waals surface area contributed by atoms with E-state index in [1.807, 2.05) is 0 Å². The zero-order chi connectivity index (χ0) is 15.7. The van der Waals surface area contributed by atoms with E-state index in [-0.39, 0.29) is 11.1 Å². The SMILES string of the molecule is CC(C)(C)[Si](C)(C)OC[C@@H]1OC2(CCCCC2)O[C@H]1C=O. The molecule has 1 saturated carbocycles. The van der Waals surface area contributed by atoms with Gasteiger partial charge < -0.3 is 18.7 Å². The number of rotatable bonds is 4. The number of hydrogen-bond acceptors (Lipinski definition) is 4. The van der Waals surface area contributed by atoms with Gasteiger partial charge in [-0.3, -0.25) is 0 Å². The Morgan fingerprint density at radius 1 is 1.19 bits per heavy atom. The Labute approximate surface area is 129 Å². The van der Waals surface area contributed by atoms with Gasteiger partial charge >= 0.3 is 0 Å². The van der Waals surface area contributed by atoms with Crippen molar-refractivity contribution in [1.82, 2.24) is 0 Å². The lowest BCUT2D eigenvalue weighted by Gasteiger charge is -2.37. The highest BCUT2D eigenvalue weighted by Crippen LogP contribution is 2.41. The molecule has 0 aromatic heterocycles. The van der Waals surface area contributed by atoms with Crippen molar-refractivity contribution in [1.29, 1.82) is 0 Å². The van der Waals surface area contributed by atoms with Crippen molar-refractivity contribution >= 4 is 14.6 Å². The van der Waals surface area contributed by atoms with Crippen LogP contribution in [0.2, 0.25) is 18.1 Å². The molecule has 1 heterocycles. The van der Waals surface area contributed by atoms with Gasteiger partial charge in [0, 0.05) is 12.8 Å². The fourth-order valence-electron chi connectivity index (χ4n) is 2.77. The molecule has 1 spiro atoms. The van der Waals surface area contributed by atoms with Gasteiger partial charge in [0.2, 0.25) is 0 Å². The Morgan fingerprint density at radius 3 is 2.33 bits per heavy atom. The summed E-state index contributed by atoms with van der Waals surface area (Å²) in [4.78, 5) is 11.3. The molecule has 122 valence electrons. The van der Waals surface area contributed by atoms with Gasteiger partial charge in [-0.15, -0.1) is 0 Å². The number of aldehydes is 1. The van der Waals surface area contributed by atoms with Crippen LogP contribution in [0.15, 0.2) is 0 Å². The molecule has 0 amide bonds. The van der Waals surface area contributed by atoms with Crippen LogP contribution in [0.1, 0.15) is 52.9 Å². The van der Waals surface area contributed by atoms with Gasteiger partial charge in [0.05, 0.1) is 6.61 Å². The first-order valence-electron chi connectivity index (χ1n) is 8.14. The Morgan fingerprint density at radius 2 is 1.81 bits per heavy atom. The molecular weight excluding hydrogens is 284 g/mol. The number of carbonyl (C=O) groups is 1. The second kappa shape index (κ2) is 6.11. The summed E-state index contributed by atoms with van der Waals surface area (Å²) in [5.41, 5.74) is 0. The van der Waals surface area contributed by atoms with Crippen molar-refractivity contribution in [2.75, 3.05) is 6.61 Å². The molecule has 0 radical (unpaired) electrons. The van der Waals surface area contributed by atoms with Crippen LogP contribution >= 0.6 is 0 Å². The van der Waals surface area contributed by atoms with Crippen molar-refractivity contribution < 1.29 is 18.7 Å².